The lowest BCUT2D eigenvalue weighted by molar-refractivity contribution is -0.119. The highest BCUT2D eigenvalue weighted by Gasteiger charge is 2.45. The van der Waals surface area contributed by atoms with Crippen LogP contribution in [0.4, 0.5) is 5.69 Å². The summed E-state index contributed by atoms with van der Waals surface area (Å²) in [6.45, 7) is 5.07. The highest BCUT2D eigenvalue weighted by molar-refractivity contribution is 7.89. The molecule has 0 bridgehead atoms. The predicted molar refractivity (Wildman–Crippen MR) is 94.4 cm³/mol. The van der Waals surface area contributed by atoms with Crippen LogP contribution < -0.4 is 5.32 Å². The maximum absolute atomic E-state index is 13.3. The fourth-order valence-electron chi connectivity index (χ4n) is 3.57. The number of hydrogen-bond acceptors (Lipinski definition) is 7. The largest absolute Gasteiger partial charge is 0.392 e. The monoisotopic (exact) mass is 392 g/mol. The van der Waals surface area contributed by atoms with E-state index in [0.29, 0.717) is 17.1 Å². The second-order valence-electron chi connectivity index (χ2n) is 7.45. The molecule has 144 valence electrons. The number of nitrogens with zero attached hydrogens (tertiary/aromatic N) is 3. The van der Waals surface area contributed by atoms with Gasteiger partial charge in [0.05, 0.1) is 16.4 Å². The summed E-state index contributed by atoms with van der Waals surface area (Å²) in [6.07, 6.45) is -0.650. The van der Waals surface area contributed by atoms with E-state index < -0.39 is 27.6 Å². The minimum atomic E-state index is -3.94. The highest BCUT2D eigenvalue weighted by atomic mass is 32.2. The Labute approximate surface area is 156 Å². The lowest BCUT2D eigenvalue weighted by Gasteiger charge is -2.22. The van der Waals surface area contributed by atoms with Crippen molar-refractivity contribution in [3.63, 3.8) is 0 Å². The first-order valence-corrected chi connectivity index (χ1v) is 10.0. The number of aromatic nitrogens is 2. The van der Waals surface area contributed by atoms with Gasteiger partial charge < -0.3 is 14.9 Å². The van der Waals surface area contributed by atoms with Gasteiger partial charge in [-0.15, -0.1) is 0 Å². The Kier molecular flexibility index (Phi) is 3.92. The number of aliphatic hydroxyl groups excluding tert-OH is 1. The molecule has 2 atom stereocenters. The molecule has 2 aliphatic rings. The van der Waals surface area contributed by atoms with Crippen LogP contribution in [-0.4, -0.2) is 46.5 Å². The quantitative estimate of drug-likeness (QED) is 0.801. The first-order valence-electron chi connectivity index (χ1n) is 8.57. The Hall–Kier alpha value is -2.30. The van der Waals surface area contributed by atoms with Crippen LogP contribution in [0.25, 0.3) is 0 Å². The van der Waals surface area contributed by atoms with E-state index in [1.165, 1.54) is 16.4 Å². The zero-order valence-electron chi connectivity index (χ0n) is 15.1. The van der Waals surface area contributed by atoms with Gasteiger partial charge in [0.2, 0.25) is 21.8 Å². The molecule has 4 rings (SSSR count). The Bertz CT molecular complexity index is 1030. The third-order valence-corrected chi connectivity index (χ3v) is 7.02. The number of sulfonamides is 1. The second-order valence-corrected chi connectivity index (χ2v) is 9.34. The van der Waals surface area contributed by atoms with Crippen LogP contribution in [0.5, 0.6) is 0 Å². The second kappa shape index (κ2) is 5.85. The van der Waals surface area contributed by atoms with E-state index in [4.69, 9.17) is 4.52 Å². The molecule has 2 N–H and O–H groups in total. The number of aryl methyl sites for hydroxylation is 1. The number of nitrogens with one attached hydrogen (secondary N) is 1. The number of fused-ring (bicyclic) bond motifs is 1. The fraction of sp³-hybridized carbons (Fsp3) is 0.471. The number of carbonyl (C=O) groups excluding carboxylic acids is 1. The van der Waals surface area contributed by atoms with E-state index in [1.54, 1.807) is 26.8 Å². The van der Waals surface area contributed by atoms with Crippen LogP contribution >= 0.6 is 0 Å². The van der Waals surface area contributed by atoms with Crippen molar-refractivity contribution in [2.45, 2.75) is 49.6 Å². The molecule has 2 aromatic rings. The van der Waals surface area contributed by atoms with Crippen LogP contribution in [0.1, 0.15) is 43.6 Å². The van der Waals surface area contributed by atoms with Crippen molar-refractivity contribution in [3.05, 3.63) is 35.5 Å². The molecular weight excluding hydrogens is 372 g/mol. The summed E-state index contributed by atoms with van der Waals surface area (Å²) in [5.74, 6) is 0.376. The minimum Gasteiger partial charge on any atom is -0.392 e. The minimum absolute atomic E-state index is 0.0566. The van der Waals surface area contributed by atoms with Gasteiger partial charge in [-0.1, -0.05) is 5.16 Å². The normalized spacial score (nSPS) is 24.8. The number of aliphatic hydroxyl groups is 1. The SMILES string of the molecule is Cc1noc([C@H]2C[C@H](O)CN2S(=O)(=O)c2ccc3c(c2)C(C)(C)C(=O)N3)n1. The van der Waals surface area contributed by atoms with Crippen molar-refractivity contribution in [1.82, 2.24) is 14.4 Å². The molecule has 1 aromatic carbocycles. The van der Waals surface area contributed by atoms with E-state index in [2.05, 4.69) is 15.5 Å². The first-order chi connectivity index (χ1) is 12.6. The first kappa shape index (κ1) is 18.1. The summed E-state index contributed by atoms with van der Waals surface area (Å²) in [4.78, 5) is 16.3. The standard InChI is InChI=1S/C17H20N4O5S/c1-9-18-15(26-20-9)14-6-10(22)8-21(14)27(24,25)11-4-5-13-12(7-11)17(2,3)16(23)19-13/h4-5,7,10,14,22H,6,8H2,1-3H3,(H,19,23)/t10-,14+/m0/s1. The summed E-state index contributed by atoms with van der Waals surface area (Å²) in [5, 5.41) is 16.5. The van der Waals surface area contributed by atoms with Gasteiger partial charge in [0.1, 0.15) is 6.04 Å². The molecule has 0 unspecified atom stereocenters. The number of β-amino-alcohol motifs (C(OH)–C–C–N with tert-alkyl or cyclic N) is 1. The molecule has 0 spiro atoms. The summed E-state index contributed by atoms with van der Waals surface area (Å²) in [6, 6.07) is 3.83. The number of hydrogen-bond donors (Lipinski definition) is 2. The van der Waals surface area contributed by atoms with E-state index in [9.17, 15) is 18.3 Å². The van der Waals surface area contributed by atoms with E-state index >= 15 is 0 Å². The van der Waals surface area contributed by atoms with Crippen LogP contribution in [-0.2, 0) is 20.2 Å². The summed E-state index contributed by atoms with van der Waals surface area (Å²) < 4.78 is 32.9. The Morgan fingerprint density at radius 3 is 2.78 bits per heavy atom. The third-order valence-electron chi connectivity index (χ3n) is 5.15. The van der Waals surface area contributed by atoms with E-state index in [1.807, 2.05) is 0 Å². The average molecular weight is 392 g/mol. The van der Waals surface area contributed by atoms with Gasteiger partial charge in [-0.05, 0) is 44.5 Å². The van der Waals surface area contributed by atoms with Gasteiger partial charge >= 0.3 is 0 Å². The van der Waals surface area contributed by atoms with E-state index in [-0.39, 0.29) is 29.7 Å². The smallest absolute Gasteiger partial charge is 0.245 e. The molecule has 0 aliphatic carbocycles. The number of amides is 1. The third kappa shape index (κ3) is 2.75. The van der Waals surface area contributed by atoms with Gasteiger partial charge in [0.15, 0.2) is 5.82 Å². The maximum Gasteiger partial charge on any atom is 0.245 e. The highest BCUT2D eigenvalue weighted by Crippen LogP contribution is 2.41. The Morgan fingerprint density at radius 1 is 1.37 bits per heavy atom. The van der Waals surface area contributed by atoms with Crippen LogP contribution in [0.15, 0.2) is 27.6 Å². The molecule has 27 heavy (non-hydrogen) atoms. The zero-order chi connectivity index (χ0) is 19.6. The van der Waals surface area contributed by atoms with Gasteiger partial charge in [0.25, 0.3) is 0 Å². The summed E-state index contributed by atoms with van der Waals surface area (Å²) >= 11 is 0. The predicted octanol–water partition coefficient (Wildman–Crippen LogP) is 1.10. The topological polar surface area (TPSA) is 126 Å². The summed E-state index contributed by atoms with van der Waals surface area (Å²) in [5.41, 5.74) is 0.405. The summed E-state index contributed by atoms with van der Waals surface area (Å²) in [7, 11) is -3.94. The van der Waals surface area contributed by atoms with Crippen molar-refractivity contribution < 1.29 is 22.8 Å². The molecule has 0 saturated carbocycles. The molecule has 3 heterocycles. The van der Waals surface area contributed by atoms with Gasteiger partial charge in [-0.2, -0.15) is 9.29 Å². The van der Waals surface area contributed by atoms with E-state index in [0.717, 1.165) is 0 Å². The Morgan fingerprint density at radius 2 is 2.11 bits per heavy atom. The fourth-order valence-corrected chi connectivity index (χ4v) is 5.23. The molecule has 0 radical (unpaired) electrons. The van der Waals surface area contributed by atoms with Crippen molar-refractivity contribution in [2.24, 2.45) is 0 Å². The van der Waals surface area contributed by atoms with Crippen molar-refractivity contribution in [2.75, 3.05) is 11.9 Å². The van der Waals surface area contributed by atoms with Crippen molar-refractivity contribution >= 4 is 21.6 Å². The number of rotatable bonds is 3. The molecule has 1 aromatic heterocycles. The zero-order valence-corrected chi connectivity index (χ0v) is 15.9. The van der Waals surface area contributed by atoms with Crippen molar-refractivity contribution in [3.8, 4) is 0 Å². The molecule has 1 fully saturated rings. The van der Waals surface area contributed by atoms with Crippen LogP contribution in [0, 0.1) is 6.92 Å². The van der Waals surface area contributed by atoms with Crippen LogP contribution in [0.3, 0.4) is 0 Å². The lowest BCUT2D eigenvalue weighted by Crippen LogP contribution is -2.32. The van der Waals surface area contributed by atoms with Crippen molar-refractivity contribution in [1.29, 1.82) is 0 Å². The van der Waals surface area contributed by atoms with Gasteiger partial charge in [-0.25, -0.2) is 8.42 Å². The van der Waals surface area contributed by atoms with Gasteiger partial charge in [0, 0.05) is 18.7 Å². The molecule has 1 amide bonds. The average Bonchev–Trinajstić information content (AvgIpc) is 3.25. The molecule has 10 heteroatoms. The maximum atomic E-state index is 13.3. The molecular formula is C17H20N4O5S. The number of benzene rings is 1. The molecule has 1 saturated heterocycles. The Balaban J connectivity index is 1.75. The lowest BCUT2D eigenvalue weighted by atomic mass is 9.86. The number of carbonyl (C=O) groups is 1. The molecule has 2 aliphatic heterocycles. The number of anilines is 1. The van der Waals surface area contributed by atoms with Crippen LogP contribution in [0.2, 0.25) is 0 Å². The molecule has 9 nitrogen and oxygen atoms in total. The van der Waals surface area contributed by atoms with Gasteiger partial charge in [-0.3, -0.25) is 4.79 Å².